The molecule has 0 bridgehead atoms. The van der Waals surface area contributed by atoms with Crippen LogP contribution in [0.1, 0.15) is 29.8 Å². The number of carbonyl (C=O) groups is 1. The van der Waals surface area contributed by atoms with Crippen LogP contribution in [-0.4, -0.2) is 84.9 Å². The number of nitrogens with one attached hydrogen (secondary N) is 2. The highest BCUT2D eigenvalue weighted by molar-refractivity contribution is 7.88. The molecule has 1 amide bonds. The van der Waals surface area contributed by atoms with Gasteiger partial charge in [0.2, 0.25) is 10.0 Å². The van der Waals surface area contributed by atoms with Gasteiger partial charge in [0, 0.05) is 69.7 Å². The van der Waals surface area contributed by atoms with Crippen LogP contribution < -0.4 is 19.7 Å². The second-order valence-electron chi connectivity index (χ2n) is 9.91. The number of hydrogen-bond donors (Lipinski definition) is 2. The Morgan fingerprint density at radius 3 is 2.72 bits per heavy atom. The Hall–Kier alpha value is -3.22. The van der Waals surface area contributed by atoms with Crippen molar-refractivity contribution < 1.29 is 17.9 Å². The molecule has 12 heteroatoms. The van der Waals surface area contributed by atoms with E-state index in [1.54, 1.807) is 23.0 Å². The molecule has 2 aliphatic heterocycles. The zero-order chi connectivity index (χ0) is 25.5. The van der Waals surface area contributed by atoms with Crippen molar-refractivity contribution in [2.45, 2.75) is 25.9 Å². The van der Waals surface area contributed by atoms with Gasteiger partial charge < -0.3 is 15.0 Å². The van der Waals surface area contributed by atoms with Gasteiger partial charge in [-0.3, -0.25) is 9.69 Å². The number of piperazine rings is 1. The lowest BCUT2D eigenvalue weighted by Gasteiger charge is -2.37. The fourth-order valence-corrected chi connectivity index (χ4v) is 5.24. The summed E-state index contributed by atoms with van der Waals surface area (Å²) < 4.78 is 33.0. The maximum Gasteiger partial charge on any atom is 0.261 e. The van der Waals surface area contributed by atoms with Gasteiger partial charge in [-0.1, -0.05) is 0 Å². The van der Waals surface area contributed by atoms with Crippen molar-refractivity contribution in [3.05, 3.63) is 47.9 Å². The molecule has 0 aliphatic carbocycles. The smallest absolute Gasteiger partial charge is 0.261 e. The van der Waals surface area contributed by atoms with Crippen LogP contribution in [0.15, 0.2) is 36.8 Å². The number of ether oxygens (including phenoxy) is 1. The molecule has 0 radical (unpaired) electrons. The average molecular weight is 514 g/mol. The van der Waals surface area contributed by atoms with Crippen LogP contribution in [0.5, 0.6) is 5.75 Å². The lowest BCUT2D eigenvalue weighted by molar-refractivity contribution is 0.102. The van der Waals surface area contributed by atoms with Gasteiger partial charge in [-0.05, 0) is 26.0 Å². The molecule has 0 unspecified atom stereocenters. The number of sulfonamides is 1. The molecule has 2 aromatic heterocycles. The van der Waals surface area contributed by atoms with Gasteiger partial charge in [0.05, 0.1) is 23.8 Å². The van der Waals surface area contributed by atoms with Gasteiger partial charge in [0.1, 0.15) is 16.9 Å². The van der Waals surface area contributed by atoms with Gasteiger partial charge >= 0.3 is 0 Å². The van der Waals surface area contributed by atoms with Crippen molar-refractivity contribution in [3.63, 3.8) is 0 Å². The first-order chi connectivity index (χ1) is 17.1. The van der Waals surface area contributed by atoms with Crippen molar-refractivity contribution in [2.75, 3.05) is 55.7 Å². The summed E-state index contributed by atoms with van der Waals surface area (Å²) in [5.74, 6) is 0.569. The number of rotatable bonds is 7. The third kappa shape index (κ3) is 5.30. The summed E-state index contributed by atoms with van der Waals surface area (Å²) >= 11 is 0. The van der Waals surface area contributed by atoms with Crippen LogP contribution in [-0.2, 0) is 16.4 Å². The maximum absolute atomic E-state index is 13.3. The molecular formula is C24H31N7O4S. The van der Waals surface area contributed by atoms with E-state index in [0.29, 0.717) is 24.3 Å². The Morgan fingerprint density at radius 1 is 1.19 bits per heavy atom. The van der Waals surface area contributed by atoms with E-state index < -0.39 is 10.0 Å². The highest BCUT2D eigenvalue weighted by Gasteiger charge is 2.32. The van der Waals surface area contributed by atoms with Gasteiger partial charge in [-0.2, -0.15) is 5.10 Å². The second-order valence-corrected chi connectivity index (χ2v) is 11.7. The van der Waals surface area contributed by atoms with Crippen LogP contribution >= 0.6 is 0 Å². The minimum Gasteiger partial charge on any atom is -0.487 e. The fourth-order valence-electron chi connectivity index (χ4n) is 4.78. The monoisotopic (exact) mass is 513 g/mol. The highest BCUT2D eigenvalue weighted by Crippen LogP contribution is 2.42. The van der Waals surface area contributed by atoms with Crippen LogP contribution in [0.25, 0.3) is 5.65 Å². The highest BCUT2D eigenvalue weighted by atomic mass is 32.2. The zero-order valence-electron chi connectivity index (χ0n) is 20.7. The molecule has 4 heterocycles. The standard InChI is InChI=1S/C24H31N7O4S/c1-24(2)15-17-13-19(28-23(32)18-16-26-31-7-4-5-25-22(18)31)20(14-21(17)35-24)30-11-9-29(10-12-30)8-6-27-36(3,33)34/h4-5,7,13-14,16,27H,6,8-12,15H2,1-3H3,(H,28,32). The summed E-state index contributed by atoms with van der Waals surface area (Å²) in [6, 6.07) is 5.80. The molecule has 1 fully saturated rings. The second kappa shape index (κ2) is 9.34. The number of carbonyl (C=O) groups excluding carboxylic acids is 1. The minimum atomic E-state index is -3.20. The van der Waals surface area contributed by atoms with Gasteiger partial charge in [0.15, 0.2) is 5.65 Å². The zero-order valence-corrected chi connectivity index (χ0v) is 21.5. The van der Waals surface area contributed by atoms with Crippen LogP contribution in [0.4, 0.5) is 11.4 Å². The molecule has 36 heavy (non-hydrogen) atoms. The molecule has 0 saturated carbocycles. The molecule has 0 spiro atoms. The number of benzene rings is 1. The normalized spacial score (nSPS) is 17.7. The molecule has 192 valence electrons. The molecule has 2 N–H and O–H groups in total. The van der Waals surface area contributed by atoms with E-state index in [2.05, 4.69) is 43.8 Å². The van der Waals surface area contributed by atoms with E-state index >= 15 is 0 Å². The number of amides is 1. The summed E-state index contributed by atoms with van der Waals surface area (Å²) in [5.41, 5.74) is 3.28. The molecular weight excluding hydrogens is 482 g/mol. The van der Waals surface area contributed by atoms with Crippen molar-refractivity contribution in [3.8, 4) is 5.75 Å². The SMILES string of the molecule is CC1(C)Cc2cc(NC(=O)c3cnn4cccnc34)c(N3CCN(CCNS(C)(=O)=O)CC3)cc2O1. The van der Waals surface area contributed by atoms with Gasteiger partial charge in [-0.15, -0.1) is 0 Å². The van der Waals surface area contributed by atoms with E-state index in [1.165, 1.54) is 12.5 Å². The topological polar surface area (TPSA) is 121 Å². The maximum atomic E-state index is 13.3. The summed E-state index contributed by atoms with van der Waals surface area (Å²) in [7, 11) is -3.20. The third-order valence-electron chi connectivity index (χ3n) is 6.46. The van der Waals surface area contributed by atoms with Crippen LogP contribution in [0.2, 0.25) is 0 Å². The molecule has 1 saturated heterocycles. The lowest BCUT2D eigenvalue weighted by Crippen LogP contribution is -2.48. The van der Waals surface area contributed by atoms with E-state index in [4.69, 9.17) is 4.74 Å². The van der Waals surface area contributed by atoms with E-state index in [1.807, 2.05) is 12.1 Å². The van der Waals surface area contributed by atoms with Gasteiger partial charge in [0.25, 0.3) is 5.91 Å². The first-order valence-electron chi connectivity index (χ1n) is 12.0. The summed E-state index contributed by atoms with van der Waals surface area (Å²) in [5, 5.41) is 7.33. The largest absolute Gasteiger partial charge is 0.487 e. The number of hydrogen-bond acceptors (Lipinski definition) is 8. The lowest BCUT2D eigenvalue weighted by atomic mass is 10.0. The average Bonchev–Trinajstić information content (AvgIpc) is 3.37. The number of fused-ring (bicyclic) bond motifs is 2. The third-order valence-corrected chi connectivity index (χ3v) is 7.19. The fraction of sp³-hybridized carbons (Fsp3) is 0.458. The first kappa shape index (κ1) is 24.5. The van der Waals surface area contributed by atoms with Crippen molar-refractivity contribution >= 4 is 33.0 Å². The van der Waals surface area contributed by atoms with Crippen molar-refractivity contribution in [1.82, 2.24) is 24.2 Å². The molecule has 2 aliphatic rings. The Kier molecular flexibility index (Phi) is 6.35. The quantitative estimate of drug-likeness (QED) is 0.486. The number of aromatic nitrogens is 3. The van der Waals surface area contributed by atoms with Crippen LogP contribution in [0, 0.1) is 0 Å². The van der Waals surface area contributed by atoms with E-state index in [9.17, 15) is 13.2 Å². The Balaban J connectivity index is 1.36. The summed E-state index contributed by atoms with van der Waals surface area (Å²) in [6.07, 6.45) is 6.84. The van der Waals surface area contributed by atoms with Gasteiger partial charge in [-0.25, -0.2) is 22.6 Å². The van der Waals surface area contributed by atoms with E-state index in [-0.39, 0.29) is 11.5 Å². The molecule has 0 atom stereocenters. The summed E-state index contributed by atoms with van der Waals surface area (Å²) in [4.78, 5) is 22.0. The first-order valence-corrected chi connectivity index (χ1v) is 13.8. The molecule has 11 nitrogen and oxygen atoms in total. The number of nitrogens with zero attached hydrogens (tertiary/aromatic N) is 5. The summed E-state index contributed by atoms with van der Waals surface area (Å²) in [6.45, 7) is 8.17. The Bertz CT molecular complexity index is 1390. The van der Waals surface area contributed by atoms with Crippen molar-refractivity contribution in [1.29, 1.82) is 0 Å². The predicted octanol–water partition coefficient (Wildman–Crippen LogP) is 1.37. The molecule has 1 aromatic carbocycles. The van der Waals surface area contributed by atoms with Crippen molar-refractivity contribution in [2.24, 2.45) is 0 Å². The minimum absolute atomic E-state index is 0.270. The molecule has 5 rings (SSSR count). The van der Waals surface area contributed by atoms with Crippen LogP contribution in [0.3, 0.4) is 0 Å². The Labute approximate surface area is 210 Å². The number of anilines is 2. The Morgan fingerprint density at radius 2 is 1.97 bits per heavy atom. The predicted molar refractivity (Wildman–Crippen MR) is 137 cm³/mol. The van der Waals surface area contributed by atoms with E-state index in [0.717, 1.165) is 55.3 Å². The molecule has 3 aromatic rings.